The number of rotatable bonds is 14. The molecule has 0 aliphatic rings. The molecule has 0 unspecified atom stereocenters. The third-order valence-corrected chi connectivity index (χ3v) is 4.71. The highest BCUT2D eigenvalue weighted by molar-refractivity contribution is 5.43. The van der Waals surface area contributed by atoms with E-state index >= 15 is 0 Å². The second-order valence-electron chi connectivity index (χ2n) is 7.35. The fraction of sp³-hybridized carbons (Fsp3) is 0.609. The van der Waals surface area contributed by atoms with Crippen molar-refractivity contribution in [1.82, 2.24) is 4.57 Å². The molecule has 4 nitrogen and oxygen atoms in total. The fourth-order valence-electron chi connectivity index (χ4n) is 3.11. The van der Waals surface area contributed by atoms with E-state index in [0.29, 0.717) is 0 Å². The van der Waals surface area contributed by atoms with E-state index in [1.54, 1.807) is 0 Å². The van der Waals surface area contributed by atoms with Gasteiger partial charge in [0.1, 0.15) is 18.9 Å². The number of unbranched alkanes of at least 4 members (excludes halogenated alkanes) is 6. The molecule has 150 valence electrons. The highest BCUT2D eigenvalue weighted by atomic mass is 16.5. The van der Waals surface area contributed by atoms with E-state index in [4.69, 9.17) is 9.47 Å². The maximum atomic E-state index is 6.11. The van der Waals surface area contributed by atoms with E-state index in [0.717, 1.165) is 44.1 Å². The van der Waals surface area contributed by atoms with Crippen LogP contribution in [-0.2, 0) is 13.6 Å². The molecule has 4 heteroatoms. The van der Waals surface area contributed by atoms with Crippen LogP contribution in [0.3, 0.4) is 0 Å². The minimum atomic E-state index is 0.758. The zero-order chi connectivity index (χ0) is 19.3. The lowest BCUT2D eigenvalue weighted by atomic mass is 10.2. The van der Waals surface area contributed by atoms with Gasteiger partial charge in [0.05, 0.1) is 20.3 Å². The first-order chi connectivity index (χ1) is 13.2. The quantitative estimate of drug-likeness (QED) is 0.333. The third-order valence-electron chi connectivity index (χ3n) is 4.71. The van der Waals surface area contributed by atoms with E-state index in [-0.39, 0.29) is 0 Å². The Morgan fingerprint density at radius 3 is 2.11 bits per heavy atom. The molecule has 0 amide bonds. The van der Waals surface area contributed by atoms with Crippen molar-refractivity contribution in [3.05, 3.63) is 42.5 Å². The number of hydrogen-bond donors (Lipinski definition) is 0. The van der Waals surface area contributed by atoms with Crippen molar-refractivity contribution in [2.45, 2.75) is 71.8 Å². The molecule has 0 aliphatic carbocycles. The van der Waals surface area contributed by atoms with Crippen LogP contribution >= 0.6 is 0 Å². The number of ether oxygens (including phenoxy) is 2. The van der Waals surface area contributed by atoms with Gasteiger partial charge in [0.2, 0.25) is 6.33 Å². The summed E-state index contributed by atoms with van der Waals surface area (Å²) >= 11 is 0. The Morgan fingerprint density at radius 1 is 0.852 bits per heavy atom. The van der Waals surface area contributed by atoms with Gasteiger partial charge in [-0.05, 0) is 30.5 Å². The molecule has 0 atom stereocenters. The van der Waals surface area contributed by atoms with Crippen molar-refractivity contribution in [1.29, 1.82) is 0 Å². The molecule has 27 heavy (non-hydrogen) atoms. The summed E-state index contributed by atoms with van der Waals surface area (Å²) in [5.74, 6) is 1.76. The average Bonchev–Trinajstić information content (AvgIpc) is 3.07. The Bertz CT molecular complexity index is 652. The van der Waals surface area contributed by atoms with Crippen LogP contribution < -0.4 is 14.0 Å². The first-order valence-corrected chi connectivity index (χ1v) is 10.6. The number of hydrogen-bond acceptors (Lipinski definition) is 2. The summed E-state index contributed by atoms with van der Waals surface area (Å²) in [6.07, 6.45) is 15.9. The largest absolute Gasteiger partial charge is 0.490 e. The van der Waals surface area contributed by atoms with Crippen molar-refractivity contribution in [2.24, 2.45) is 7.05 Å². The molecule has 0 radical (unpaired) electrons. The lowest BCUT2D eigenvalue weighted by molar-refractivity contribution is -0.671. The highest BCUT2D eigenvalue weighted by Gasteiger charge is 2.10. The van der Waals surface area contributed by atoms with Gasteiger partial charge < -0.3 is 9.47 Å². The first kappa shape index (κ1) is 21.3. The van der Waals surface area contributed by atoms with E-state index < -0.39 is 0 Å². The van der Waals surface area contributed by atoms with Crippen LogP contribution in [0.2, 0.25) is 0 Å². The Labute approximate surface area is 165 Å². The zero-order valence-corrected chi connectivity index (χ0v) is 17.5. The van der Waals surface area contributed by atoms with Crippen molar-refractivity contribution >= 4 is 0 Å². The molecule has 0 saturated heterocycles. The predicted molar refractivity (Wildman–Crippen MR) is 110 cm³/mol. The van der Waals surface area contributed by atoms with Crippen LogP contribution in [0.5, 0.6) is 11.5 Å². The lowest BCUT2D eigenvalue weighted by Crippen LogP contribution is -2.23. The fourth-order valence-corrected chi connectivity index (χ4v) is 3.11. The van der Waals surface area contributed by atoms with Crippen LogP contribution in [0.1, 0.15) is 70.8 Å². The van der Waals surface area contributed by atoms with Crippen LogP contribution in [0.15, 0.2) is 36.9 Å². The van der Waals surface area contributed by atoms with Gasteiger partial charge in [0.25, 0.3) is 0 Å². The second-order valence-corrected chi connectivity index (χ2v) is 7.35. The maximum absolute atomic E-state index is 6.11. The Hall–Kier alpha value is -1.97. The smallest absolute Gasteiger partial charge is 0.243 e. The van der Waals surface area contributed by atoms with E-state index in [1.807, 2.05) is 7.05 Å². The van der Waals surface area contributed by atoms with Gasteiger partial charge in [-0.3, -0.25) is 0 Å². The Kier molecular flexibility index (Phi) is 9.81. The summed E-state index contributed by atoms with van der Waals surface area (Å²) in [4.78, 5) is 0. The van der Waals surface area contributed by atoms with Gasteiger partial charge in [0.15, 0.2) is 11.5 Å². The second kappa shape index (κ2) is 12.4. The standard InChI is InChI=1S/C23H37N2O2/c1-4-6-8-10-16-26-22-13-12-21(19-25-15-14-24(3)20-25)18-23(22)27-17-11-9-7-5-2/h12-15,18,20H,4-11,16-17,19H2,1-3H3/q+1. The molecular formula is C23H37N2O2+. The van der Waals surface area contributed by atoms with Crippen LogP contribution in [-0.4, -0.2) is 17.8 Å². The van der Waals surface area contributed by atoms with Crippen molar-refractivity contribution < 1.29 is 14.0 Å². The minimum absolute atomic E-state index is 0.758. The summed E-state index contributed by atoms with van der Waals surface area (Å²) in [6.45, 7) is 6.82. The van der Waals surface area contributed by atoms with Crippen LogP contribution in [0.25, 0.3) is 0 Å². The molecular weight excluding hydrogens is 336 g/mol. The van der Waals surface area contributed by atoms with Gasteiger partial charge in [-0.15, -0.1) is 0 Å². The van der Waals surface area contributed by atoms with Crippen molar-refractivity contribution in [3.63, 3.8) is 0 Å². The molecule has 0 bridgehead atoms. The van der Waals surface area contributed by atoms with E-state index in [9.17, 15) is 0 Å². The van der Waals surface area contributed by atoms with Gasteiger partial charge >= 0.3 is 0 Å². The topological polar surface area (TPSA) is 27.3 Å². The van der Waals surface area contributed by atoms with Gasteiger partial charge in [0, 0.05) is 0 Å². The first-order valence-electron chi connectivity index (χ1n) is 10.6. The molecule has 0 N–H and O–H groups in total. The van der Waals surface area contributed by atoms with E-state index in [1.165, 1.54) is 44.1 Å². The van der Waals surface area contributed by atoms with E-state index in [2.05, 4.69) is 59.9 Å². The summed E-state index contributed by atoms with van der Waals surface area (Å²) < 4.78 is 16.4. The van der Waals surface area contributed by atoms with Gasteiger partial charge in [-0.1, -0.05) is 58.4 Å². The van der Waals surface area contributed by atoms with Crippen LogP contribution in [0.4, 0.5) is 0 Å². The van der Waals surface area contributed by atoms with Gasteiger partial charge in [-0.2, -0.15) is 0 Å². The average molecular weight is 374 g/mol. The molecule has 0 fully saturated rings. The molecule has 2 aromatic rings. The molecule has 1 aromatic carbocycles. The number of nitrogens with zero attached hydrogens (tertiary/aromatic N) is 2. The zero-order valence-electron chi connectivity index (χ0n) is 17.5. The third kappa shape index (κ3) is 8.06. The molecule has 2 rings (SSSR count). The van der Waals surface area contributed by atoms with Gasteiger partial charge in [-0.25, -0.2) is 9.13 Å². The molecule has 0 aliphatic heterocycles. The highest BCUT2D eigenvalue weighted by Crippen LogP contribution is 2.29. The van der Waals surface area contributed by atoms with Crippen molar-refractivity contribution in [2.75, 3.05) is 13.2 Å². The summed E-state index contributed by atoms with van der Waals surface area (Å²) in [6, 6.07) is 6.35. The maximum Gasteiger partial charge on any atom is 0.243 e. The normalized spacial score (nSPS) is 10.9. The Balaban J connectivity index is 1.97. The lowest BCUT2D eigenvalue weighted by Gasteiger charge is -2.14. The summed E-state index contributed by atoms with van der Waals surface area (Å²) in [5.41, 5.74) is 1.23. The molecule has 0 spiro atoms. The number of aromatic nitrogens is 2. The molecule has 1 aromatic heterocycles. The number of aryl methyl sites for hydroxylation is 1. The molecule has 0 saturated carbocycles. The molecule has 1 heterocycles. The monoisotopic (exact) mass is 373 g/mol. The minimum Gasteiger partial charge on any atom is -0.490 e. The summed E-state index contributed by atoms with van der Waals surface area (Å²) in [7, 11) is 2.04. The summed E-state index contributed by atoms with van der Waals surface area (Å²) in [5, 5.41) is 0. The number of benzene rings is 1. The Morgan fingerprint density at radius 2 is 1.52 bits per heavy atom. The number of imidazole rings is 1. The SMILES string of the molecule is CCCCCCOc1ccc(Cn2cc[n+](C)c2)cc1OCCCCCC. The van der Waals surface area contributed by atoms with Crippen LogP contribution in [0, 0.1) is 0 Å². The predicted octanol–water partition coefficient (Wildman–Crippen LogP) is 5.28. The van der Waals surface area contributed by atoms with Crippen molar-refractivity contribution in [3.8, 4) is 11.5 Å².